The van der Waals surface area contributed by atoms with Crippen molar-refractivity contribution in [3.63, 3.8) is 0 Å². The maximum absolute atomic E-state index is 11.6. The zero-order valence-electron chi connectivity index (χ0n) is 9.22. The van der Waals surface area contributed by atoms with Gasteiger partial charge in [0.05, 0.1) is 0 Å². The van der Waals surface area contributed by atoms with Crippen molar-refractivity contribution >= 4 is 17.4 Å². The molecule has 0 aliphatic rings. The maximum Gasteiger partial charge on any atom is 0.225 e. The number of carbonyl (C=O) groups excluding carboxylic acids is 1. The predicted molar refractivity (Wildman–Crippen MR) is 64.3 cm³/mol. The average molecular weight is 231 g/mol. The van der Waals surface area contributed by atoms with Gasteiger partial charge in [0, 0.05) is 18.2 Å². The van der Waals surface area contributed by atoms with Gasteiger partial charge in [0.1, 0.15) is 6.26 Å². The number of benzene rings is 1. The van der Waals surface area contributed by atoms with Gasteiger partial charge in [-0.2, -0.15) is 0 Å². The second kappa shape index (κ2) is 5.16. The van der Waals surface area contributed by atoms with Crippen LogP contribution in [-0.4, -0.2) is 11.1 Å². The number of anilines is 2. The van der Waals surface area contributed by atoms with Gasteiger partial charge in [-0.25, -0.2) is 0 Å². The van der Waals surface area contributed by atoms with Gasteiger partial charge < -0.3 is 15.6 Å². The van der Waals surface area contributed by atoms with Crippen LogP contribution < -0.4 is 11.1 Å². The Balaban J connectivity index is 1.86. The number of nitrogens with two attached hydrogens (primary N) is 1. The molecule has 88 valence electrons. The van der Waals surface area contributed by atoms with E-state index in [9.17, 15) is 4.79 Å². The quantitative estimate of drug-likeness (QED) is 0.786. The van der Waals surface area contributed by atoms with Crippen LogP contribution in [0, 0.1) is 0 Å². The van der Waals surface area contributed by atoms with Crippen LogP contribution in [0.25, 0.3) is 0 Å². The molecule has 5 nitrogen and oxygen atoms in total. The van der Waals surface area contributed by atoms with Crippen LogP contribution in [0.1, 0.15) is 12.0 Å². The molecule has 2 rings (SSSR count). The third kappa shape index (κ3) is 3.07. The number of nitrogens with one attached hydrogen (secondary N) is 1. The van der Waals surface area contributed by atoms with Gasteiger partial charge in [-0.3, -0.25) is 4.79 Å². The third-order valence-electron chi connectivity index (χ3n) is 2.38. The Bertz CT molecular complexity index is 494. The molecular formula is C12H13N3O2. The summed E-state index contributed by atoms with van der Waals surface area (Å²) in [6.45, 7) is 0. The second-order valence-electron chi connectivity index (χ2n) is 3.63. The monoisotopic (exact) mass is 231 g/mol. The van der Waals surface area contributed by atoms with Gasteiger partial charge in [0.2, 0.25) is 5.91 Å². The second-order valence-corrected chi connectivity index (χ2v) is 3.63. The Morgan fingerprint density at radius 1 is 1.35 bits per heavy atom. The van der Waals surface area contributed by atoms with E-state index in [0.717, 1.165) is 5.56 Å². The van der Waals surface area contributed by atoms with Crippen LogP contribution >= 0.6 is 0 Å². The Hall–Kier alpha value is -2.30. The number of aryl methyl sites for hydroxylation is 1. The highest BCUT2D eigenvalue weighted by atomic mass is 16.5. The highest BCUT2D eigenvalue weighted by Crippen LogP contribution is 2.13. The zero-order chi connectivity index (χ0) is 12.1. The molecule has 0 aliphatic carbocycles. The van der Waals surface area contributed by atoms with Crippen molar-refractivity contribution in [2.75, 3.05) is 11.1 Å². The first-order valence-electron chi connectivity index (χ1n) is 5.29. The first-order valence-corrected chi connectivity index (χ1v) is 5.29. The van der Waals surface area contributed by atoms with E-state index >= 15 is 0 Å². The van der Waals surface area contributed by atoms with E-state index in [1.54, 1.807) is 6.07 Å². The summed E-state index contributed by atoms with van der Waals surface area (Å²) in [5.41, 5.74) is 7.47. The molecule has 0 atom stereocenters. The van der Waals surface area contributed by atoms with Crippen LogP contribution in [0.3, 0.4) is 0 Å². The highest BCUT2D eigenvalue weighted by molar-refractivity contribution is 5.89. The van der Waals surface area contributed by atoms with Gasteiger partial charge in [-0.1, -0.05) is 23.4 Å². The molecule has 5 heteroatoms. The number of aromatic nitrogens is 1. The molecule has 1 amide bonds. The van der Waals surface area contributed by atoms with Crippen LogP contribution in [-0.2, 0) is 11.2 Å². The number of para-hydroxylation sites is 1. The minimum absolute atomic E-state index is 0.109. The molecule has 0 unspecified atom stereocenters. The highest BCUT2D eigenvalue weighted by Gasteiger charge is 2.06. The number of nitrogen functional groups attached to an aromatic ring is 1. The van der Waals surface area contributed by atoms with Crippen molar-refractivity contribution in [1.29, 1.82) is 0 Å². The first-order chi connectivity index (χ1) is 8.25. The third-order valence-corrected chi connectivity index (χ3v) is 2.38. The van der Waals surface area contributed by atoms with E-state index in [1.807, 2.05) is 24.3 Å². The van der Waals surface area contributed by atoms with Crippen molar-refractivity contribution in [2.45, 2.75) is 12.8 Å². The van der Waals surface area contributed by atoms with Crippen molar-refractivity contribution in [3.05, 3.63) is 42.2 Å². The molecule has 0 saturated heterocycles. The van der Waals surface area contributed by atoms with Crippen LogP contribution in [0.5, 0.6) is 0 Å². The molecule has 0 saturated carbocycles. The van der Waals surface area contributed by atoms with Gasteiger partial charge in [-0.15, -0.1) is 0 Å². The zero-order valence-corrected chi connectivity index (χ0v) is 9.22. The molecule has 0 bridgehead atoms. The summed E-state index contributed by atoms with van der Waals surface area (Å²) in [4.78, 5) is 11.6. The SMILES string of the molecule is Nc1ccccc1CCC(=O)Nc1ccon1. The largest absolute Gasteiger partial charge is 0.399 e. The van der Waals surface area contributed by atoms with Crippen molar-refractivity contribution < 1.29 is 9.32 Å². The summed E-state index contributed by atoms with van der Waals surface area (Å²) in [7, 11) is 0. The number of hydrogen-bond donors (Lipinski definition) is 2. The van der Waals surface area contributed by atoms with E-state index in [0.29, 0.717) is 24.3 Å². The fraction of sp³-hybridized carbons (Fsp3) is 0.167. The Morgan fingerprint density at radius 3 is 2.88 bits per heavy atom. The standard InChI is InChI=1S/C12H13N3O2/c13-10-4-2-1-3-9(10)5-6-12(16)14-11-7-8-17-15-11/h1-4,7-8H,5-6,13H2,(H,14,15,16). The Morgan fingerprint density at radius 2 is 2.18 bits per heavy atom. The first kappa shape index (κ1) is 11.2. The van der Waals surface area contributed by atoms with E-state index in [-0.39, 0.29) is 5.91 Å². The minimum atomic E-state index is -0.109. The summed E-state index contributed by atoms with van der Waals surface area (Å²) in [6, 6.07) is 9.11. The number of amides is 1. The number of rotatable bonds is 4. The van der Waals surface area contributed by atoms with Crippen LogP contribution in [0.4, 0.5) is 11.5 Å². The lowest BCUT2D eigenvalue weighted by atomic mass is 10.1. The van der Waals surface area contributed by atoms with E-state index < -0.39 is 0 Å². The van der Waals surface area contributed by atoms with Crippen LogP contribution in [0.2, 0.25) is 0 Å². The molecule has 1 aromatic carbocycles. The molecule has 0 radical (unpaired) electrons. The van der Waals surface area contributed by atoms with Crippen molar-refractivity contribution in [2.24, 2.45) is 0 Å². The minimum Gasteiger partial charge on any atom is -0.399 e. The summed E-state index contributed by atoms with van der Waals surface area (Å²) in [6.07, 6.45) is 2.38. The summed E-state index contributed by atoms with van der Waals surface area (Å²) < 4.78 is 4.61. The molecule has 0 fully saturated rings. The molecule has 0 spiro atoms. The van der Waals surface area contributed by atoms with Crippen LogP contribution in [0.15, 0.2) is 41.1 Å². The Labute approximate surface area is 98.6 Å². The van der Waals surface area contributed by atoms with Crippen molar-refractivity contribution in [3.8, 4) is 0 Å². The number of nitrogens with zero attached hydrogens (tertiary/aromatic N) is 1. The van der Waals surface area contributed by atoms with Gasteiger partial charge in [0.15, 0.2) is 5.82 Å². The molecule has 3 N–H and O–H groups in total. The summed E-state index contributed by atoms with van der Waals surface area (Å²) in [5.74, 6) is 0.318. The maximum atomic E-state index is 11.6. The molecule has 2 aromatic rings. The smallest absolute Gasteiger partial charge is 0.225 e. The average Bonchev–Trinajstić information content (AvgIpc) is 2.81. The molecular weight excluding hydrogens is 218 g/mol. The molecule has 1 heterocycles. The lowest BCUT2D eigenvalue weighted by molar-refractivity contribution is -0.116. The molecule has 0 aliphatic heterocycles. The van der Waals surface area contributed by atoms with E-state index in [2.05, 4.69) is 15.0 Å². The van der Waals surface area contributed by atoms with Crippen molar-refractivity contribution in [1.82, 2.24) is 5.16 Å². The normalized spacial score (nSPS) is 10.1. The Kier molecular flexibility index (Phi) is 3.40. The fourth-order valence-corrected chi connectivity index (χ4v) is 1.49. The summed E-state index contributed by atoms with van der Waals surface area (Å²) >= 11 is 0. The molecule has 1 aromatic heterocycles. The summed E-state index contributed by atoms with van der Waals surface area (Å²) in [5, 5.41) is 6.22. The lowest BCUT2D eigenvalue weighted by Crippen LogP contribution is -2.12. The van der Waals surface area contributed by atoms with E-state index in [4.69, 9.17) is 5.73 Å². The van der Waals surface area contributed by atoms with Gasteiger partial charge in [-0.05, 0) is 18.1 Å². The van der Waals surface area contributed by atoms with E-state index in [1.165, 1.54) is 6.26 Å². The van der Waals surface area contributed by atoms with Gasteiger partial charge >= 0.3 is 0 Å². The topological polar surface area (TPSA) is 81.2 Å². The lowest BCUT2D eigenvalue weighted by Gasteiger charge is -2.04. The molecule has 17 heavy (non-hydrogen) atoms. The van der Waals surface area contributed by atoms with Gasteiger partial charge in [0.25, 0.3) is 0 Å². The fourth-order valence-electron chi connectivity index (χ4n) is 1.49. The number of carbonyl (C=O) groups is 1. The predicted octanol–water partition coefficient (Wildman–Crippen LogP) is 1.83. The number of hydrogen-bond acceptors (Lipinski definition) is 4.